The van der Waals surface area contributed by atoms with E-state index < -0.39 is 10.5 Å². The number of nitro groups is 1. The Hall–Kier alpha value is -2.44. The Morgan fingerprint density at radius 3 is 3.06 bits per heavy atom. The van der Waals surface area contributed by atoms with Crippen molar-refractivity contribution in [3.8, 4) is 6.01 Å². The number of imidazole rings is 1. The third-order valence-corrected chi connectivity index (χ3v) is 2.98. The van der Waals surface area contributed by atoms with Crippen LogP contribution in [0.15, 0.2) is 30.7 Å². The molecule has 0 aliphatic carbocycles. The summed E-state index contributed by atoms with van der Waals surface area (Å²) in [5.41, 5.74) is 0.337. The van der Waals surface area contributed by atoms with Gasteiger partial charge in [0.15, 0.2) is 5.60 Å². The summed E-state index contributed by atoms with van der Waals surface area (Å²) in [6, 6.07) is 4.01. The van der Waals surface area contributed by atoms with Crippen LogP contribution in [0, 0.1) is 10.1 Å². The summed E-state index contributed by atoms with van der Waals surface area (Å²) in [6.07, 6.45) is 4.79. The second-order valence-corrected chi connectivity index (χ2v) is 4.34. The van der Waals surface area contributed by atoms with Gasteiger partial charge in [0, 0.05) is 22.9 Å². The smallest absolute Gasteiger partial charge is 0.415 e. The predicted octanol–water partition coefficient (Wildman–Crippen LogP) is 1.49. The number of pyridine rings is 1. The summed E-state index contributed by atoms with van der Waals surface area (Å²) in [4.78, 5) is 18.0. The lowest BCUT2D eigenvalue weighted by molar-refractivity contribution is -0.389. The molecule has 0 bridgehead atoms. The van der Waals surface area contributed by atoms with Gasteiger partial charge in [-0.15, -0.1) is 0 Å². The largest absolute Gasteiger partial charge is 0.433 e. The first-order valence-electron chi connectivity index (χ1n) is 5.39. The minimum absolute atomic E-state index is 0.196. The number of hydrogen-bond acceptors (Lipinski definition) is 5. The molecule has 1 unspecified atom stereocenters. The fourth-order valence-corrected chi connectivity index (χ4v) is 2.05. The Labute approximate surface area is 102 Å². The van der Waals surface area contributed by atoms with E-state index in [9.17, 15) is 10.1 Å². The van der Waals surface area contributed by atoms with Gasteiger partial charge in [-0.2, -0.15) is 0 Å². The van der Waals surface area contributed by atoms with Crippen LogP contribution < -0.4 is 4.74 Å². The Bertz CT molecular complexity index is 585. The van der Waals surface area contributed by atoms with Crippen molar-refractivity contribution in [1.29, 1.82) is 0 Å². The van der Waals surface area contributed by atoms with Gasteiger partial charge in [-0.05, 0) is 17.9 Å². The summed E-state index contributed by atoms with van der Waals surface area (Å²) >= 11 is 0. The van der Waals surface area contributed by atoms with E-state index in [0.717, 1.165) is 5.56 Å². The average molecular weight is 246 g/mol. The highest BCUT2D eigenvalue weighted by molar-refractivity contribution is 5.28. The van der Waals surface area contributed by atoms with E-state index in [1.165, 1.54) is 6.20 Å². The van der Waals surface area contributed by atoms with Crippen LogP contribution in [0.1, 0.15) is 12.5 Å². The lowest BCUT2D eigenvalue weighted by Gasteiger charge is -2.21. The molecule has 0 fully saturated rings. The zero-order valence-electron chi connectivity index (χ0n) is 9.61. The number of nitrogens with zero attached hydrogens (tertiary/aromatic N) is 4. The summed E-state index contributed by atoms with van der Waals surface area (Å²) in [5, 5.41) is 10.6. The van der Waals surface area contributed by atoms with Gasteiger partial charge in [-0.3, -0.25) is 9.55 Å². The topological polar surface area (TPSA) is 83.1 Å². The first-order valence-corrected chi connectivity index (χ1v) is 5.39. The highest BCUT2D eigenvalue weighted by Crippen LogP contribution is 2.37. The van der Waals surface area contributed by atoms with Crippen LogP contribution in [0.25, 0.3) is 0 Å². The molecule has 3 heterocycles. The molecular formula is C11H10N4O3. The predicted molar refractivity (Wildman–Crippen MR) is 61.1 cm³/mol. The van der Waals surface area contributed by atoms with Crippen LogP contribution in [-0.4, -0.2) is 19.5 Å². The Morgan fingerprint density at radius 1 is 1.61 bits per heavy atom. The first-order chi connectivity index (χ1) is 8.58. The van der Waals surface area contributed by atoms with Gasteiger partial charge in [0.1, 0.15) is 6.20 Å². The number of rotatable bonds is 2. The van der Waals surface area contributed by atoms with Crippen LogP contribution in [0.2, 0.25) is 0 Å². The number of aromatic nitrogens is 3. The van der Waals surface area contributed by atoms with Crippen molar-refractivity contribution in [3.05, 3.63) is 46.4 Å². The molecule has 0 radical (unpaired) electrons. The highest BCUT2D eigenvalue weighted by atomic mass is 16.6. The van der Waals surface area contributed by atoms with E-state index in [-0.39, 0.29) is 11.8 Å². The van der Waals surface area contributed by atoms with Crippen molar-refractivity contribution >= 4 is 5.82 Å². The maximum absolute atomic E-state index is 10.6. The normalized spacial score (nSPS) is 21.4. The van der Waals surface area contributed by atoms with E-state index in [2.05, 4.69) is 9.97 Å². The number of hydrogen-bond donors (Lipinski definition) is 0. The Morgan fingerprint density at radius 2 is 2.44 bits per heavy atom. The molecule has 0 saturated carbocycles. The molecule has 0 N–H and O–H groups in total. The molecule has 3 rings (SSSR count). The van der Waals surface area contributed by atoms with Crippen molar-refractivity contribution < 1.29 is 9.66 Å². The summed E-state index contributed by atoms with van der Waals surface area (Å²) < 4.78 is 7.36. The minimum atomic E-state index is -0.578. The lowest BCUT2D eigenvalue weighted by Crippen LogP contribution is -2.28. The lowest BCUT2D eigenvalue weighted by atomic mass is 9.98. The molecule has 7 heteroatoms. The quantitative estimate of drug-likeness (QED) is 0.592. The van der Waals surface area contributed by atoms with E-state index in [0.29, 0.717) is 6.54 Å². The van der Waals surface area contributed by atoms with Crippen molar-refractivity contribution in [1.82, 2.24) is 14.5 Å². The second kappa shape index (κ2) is 3.52. The molecule has 0 aromatic carbocycles. The van der Waals surface area contributed by atoms with Crippen molar-refractivity contribution in [2.45, 2.75) is 19.1 Å². The Kier molecular flexibility index (Phi) is 2.09. The third-order valence-electron chi connectivity index (χ3n) is 2.98. The molecule has 92 valence electrons. The minimum Gasteiger partial charge on any atom is -0.433 e. The van der Waals surface area contributed by atoms with Gasteiger partial charge in [-0.25, -0.2) is 0 Å². The molecule has 2 aromatic heterocycles. The van der Waals surface area contributed by atoms with Crippen LogP contribution >= 0.6 is 0 Å². The number of ether oxygens (including phenoxy) is 1. The number of fused-ring (bicyclic) bond motifs is 1. The van der Waals surface area contributed by atoms with Gasteiger partial charge in [-0.1, -0.05) is 6.07 Å². The molecule has 2 aromatic rings. The van der Waals surface area contributed by atoms with Crippen LogP contribution in [-0.2, 0) is 12.1 Å². The van der Waals surface area contributed by atoms with Crippen molar-refractivity contribution in [2.75, 3.05) is 0 Å². The molecule has 18 heavy (non-hydrogen) atoms. The molecular weight excluding hydrogens is 236 g/mol. The summed E-state index contributed by atoms with van der Waals surface area (Å²) in [6.45, 7) is 2.39. The maximum Gasteiger partial charge on any atom is 0.415 e. The van der Waals surface area contributed by atoms with Crippen LogP contribution in [0.3, 0.4) is 0 Å². The van der Waals surface area contributed by atoms with Gasteiger partial charge in [0.2, 0.25) is 0 Å². The average Bonchev–Trinajstić information content (AvgIpc) is 2.86. The molecule has 0 spiro atoms. The maximum atomic E-state index is 10.6. The van der Waals surface area contributed by atoms with Gasteiger partial charge in [0.25, 0.3) is 0 Å². The SMILES string of the molecule is CC1(c2cccnc2)Cn2cc([N+](=O)[O-])nc2O1. The van der Waals surface area contributed by atoms with E-state index >= 15 is 0 Å². The fourth-order valence-electron chi connectivity index (χ4n) is 2.05. The molecule has 1 atom stereocenters. The molecule has 1 aliphatic heterocycles. The monoisotopic (exact) mass is 246 g/mol. The Balaban J connectivity index is 1.93. The van der Waals surface area contributed by atoms with Crippen molar-refractivity contribution in [2.24, 2.45) is 0 Å². The van der Waals surface area contributed by atoms with E-state index in [1.54, 1.807) is 17.0 Å². The van der Waals surface area contributed by atoms with Gasteiger partial charge in [0.05, 0.1) is 6.54 Å². The van der Waals surface area contributed by atoms with E-state index in [4.69, 9.17) is 4.74 Å². The summed E-state index contributed by atoms with van der Waals surface area (Å²) in [7, 11) is 0. The van der Waals surface area contributed by atoms with Crippen LogP contribution in [0.5, 0.6) is 6.01 Å². The highest BCUT2D eigenvalue weighted by Gasteiger charge is 2.41. The zero-order chi connectivity index (χ0) is 12.8. The van der Waals surface area contributed by atoms with E-state index in [1.807, 2.05) is 19.1 Å². The molecule has 7 nitrogen and oxygen atoms in total. The van der Waals surface area contributed by atoms with Crippen molar-refractivity contribution in [3.63, 3.8) is 0 Å². The first kappa shape index (κ1) is 10.7. The van der Waals surface area contributed by atoms with Gasteiger partial charge < -0.3 is 14.9 Å². The summed E-state index contributed by atoms with van der Waals surface area (Å²) in [5.74, 6) is -0.196. The molecule has 1 aliphatic rings. The fraction of sp³-hybridized carbons (Fsp3) is 0.273. The second-order valence-electron chi connectivity index (χ2n) is 4.34. The van der Waals surface area contributed by atoms with Crippen LogP contribution in [0.4, 0.5) is 5.82 Å². The standard InChI is InChI=1S/C11H10N4O3/c1-11(8-3-2-4-12-5-8)7-14-6-9(15(16)17)13-10(14)18-11/h2-6H,7H2,1H3. The zero-order valence-corrected chi connectivity index (χ0v) is 9.61. The molecule has 0 saturated heterocycles. The third kappa shape index (κ3) is 1.52. The van der Waals surface area contributed by atoms with Gasteiger partial charge >= 0.3 is 11.8 Å². The molecule has 0 amide bonds.